The summed E-state index contributed by atoms with van der Waals surface area (Å²) in [5.41, 5.74) is 5.56. The molecule has 0 aliphatic heterocycles. The van der Waals surface area contributed by atoms with Crippen LogP contribution in [0.1, 0.15) is 11.3 Å². The van der Waals surface area contributed by atoms with E-state index in [1.807, 2.05) is 12.1 Å². The Hall–Kier alpha value is -2.02. The quantitative estimate of drug-likeness (QED) is 0.918. The predicted molar refractivity (Wildman–Crippen MR) is 67.1 cm³/mol. The average molecular weight is 285 g/mol. The molecule has 2 rings (SSSR count). The van der Waals surface area contributed by atoms with Crippen LogP contribution in [0.3, 0.4) is 0 Å². The summed E-state index contributed by atoms with van der Waals surface area (Å²) in [4.78, 5) is 0. The van der Waals surface area contributed by atoms with Crippen molar-refractivity contribution in [2.45, 2.75) is 19.3 Å². The molecule has 2 aromatic rings. The number of halogens is 3. The first kappa shape index (κ1) is 14.4. The molecule has 0 radical (unpaired) electrons. The first-order chi connectivity index (χ1) is 9.49. The standard InChI is InChI=1S/C13H14F3N3O/c14-13(15,16)12-5-6-19(18-12)7-8-20-11-3-1-10(9-17)2-4-11/h1-6H,7-9,17H2. The predicted octanol–water partition coefficient (Wildman–Crippen LogP) is 2.44. The fourth-order valence-corrected chi connectivity index (χ4v) is 1.62. The van der Waals surface area contributed by atoms with Crippen LogP contribution in [0.2, 0.25) is 0 Å². The lowest BCUT2D eigenvalue weighted by Gasteiger charge is -2.07. The summed E-state index contributed by atoms with van der Waals surface area (Å²) in [6.45, 7) is 0.934. The molecule has 0 fully saturated rings. The Morgan fingerprint density at radius 3 is 2.40 bits per heavy atom. The van der Waals surface area contributed by atoms with Gasteiger partial charge in [0, 0.05) is 12.7 Å². The number of alkyl halides is 3. The lowest BCUT2D eigenvalue weighted by molar-refractivity contribution is -0.141. The van der Waals surface area contributed by atoms with Crippen LogP contribution < -0.4 is 10.5 Å². The summed E-state index contributed by atoms with van der Waals surface area (Å²) >= 11 is 0. The SMILES string of the molecule is NCc1ccc(OCCn2ccc(C(F)(F)F)n2)cc1. The fraction of sp³-hybridized carbons (Fsp3) is 0.308. The molecule has 0 saturated carbocycles. The van der Waals surface area contributed by atoms with E-state index in [9.17, 15) is 13.2 Å². The lowest BCUT2D eigenvalue weighted by Crippen LogP contribution is -2.11. The van der Waals surface area contributed by atoms with E-state index >= 15 is 0 Å². The first-order valence-corrected chi connectivity index (χ1v) is 6.01. The molecule has 7 heteroatoms. The summed E-state index contributed by atoms with van der Waals surface area (Å²) in [6.07, 6.45) is -3.13. The topological polar surface area (TPSA) is 53.1 Å². The Bertz CT molecular complexity index is 549. The Labute approximate surface area is 114 Å². The number of rotatable bonds is 5. The Morgan fingerprint density at radius 2 is 1.85 bits per heavy atom. The highest BCUT2D eigenvalue weighted by molar-refractivity contribution is 5.27. The highest BCUT2D eigenvalue weighted by atomic mass is 19.4. The van der Waals surface area contributed by atoms with E-state index in [2.05, 4.69) is 5.10 Å². The number of hydrogen-bond acceptors (Lipinski definition) is 3. The summed E-state index contributed by atoms with van der Waals surface area (Å²) in [5.74, 6) is 0.644. The minimum absolute atomic E-state index is 0.237. The van der Waals surface area contributed by atoms with E-state index in [-0.39, 0.29) is 13.2 Å². The second kappa shape index (κ2) is 5.96. The minimum atomic E-state index is -4.41. The normalized spacial score (nSPS) is 11.6. The molecule has 0 saturated heterocycles. The van der Waals surface area contributed by atoms with Crippen molar-refractivity contribution >= 4 is 0 Å². The van der Waals surface area contributed by atoms with Crippen molar-refractivity contribution in [1.82, 2.24) is 9.78 Å². The molecule has 0 atom stereocenters. The third-order valence-electron chi connectivity index (χ3n) is 2.68. The largest absolute Gasteiger partial charge is 0.492 e. The average Bonchev–Trinajstić information content (AvgIpc) is 2.88. The van der Waals surface area contributed by atoms with E-state index in [1.165, 1.54) is 10.9 Å². The van der Waals surface area contributed by atoms with Crippen LogP contribution >= 0.6 is 0 Å². The summed E-state index contributed by atoms with van der Waals surface area (Å²) < 4.78 is 43.7. The van der Waals surface area contributed by atoms with Gasteiger partial charge < -0.3 is 10.5 Å². The van der Waals surface area contributed by atoms with Gasteiger partial charge in [0.2, 0.25) is 0 Å². The van der Waals surface area contributed by atoms with Crippen molar-refractivity contribution in [1.29, 1.82) is 0 Å². The van der Waals surface area contributed by atoms with Crippen LogP contribution in [0.5, 0.6) is 5.75 Å². The maximum atomic E-state index is 12.3. The number of aromatic nitrogens is 2. The van der Waals surface area contributed by atoms with Crippen LogP contribution in [0, 0.1) is 0 Å². The van der Waals surface area contributed by atoms with Gasteiger partial charge in [-0.25, -0.2) is 0 Å². The monoisotopic (exact) mass is 285 g/mol. The Kier molecular flexibility index (Phi) is 4.29. The van der Waals surface area contributed by atoms with Crippen molar-refractivity contribution in [2.24, 2.45) is 5.73 Å². The second-order valence-corrected chi connectivity index (χ2v) is 4.16. The number of hydrogen-bond donors (Lipinski definition) is 1. The van der Waals surface area contributed by atoms with Crippen molar-refractivity contribution in [3.63, 3.8) is 0 Å². The van der Waals surface area contributed by atoms with Crippen molar-refractivity contribution < 1.29 is 17.9 Å². The molecule has 0 aliphatic carbocycles. The molecule has 108 valence electrons. The molecular formula is C13H14F3N3O. The van der Waals surface area contributed by atoms with E-state index in [0.717, 1.165) is 11.6 Å². The molecular weight excluding hydrogens is 271 g/mol. The molecule has 20 heavy (non-hydrogen) atoms. The van der Waals surface area contributed by atoms with Gasteiger partial charge in [-0.2, -0.15) is 18.3 Å². The Balaban J connectivity index is 1.84. The molecule has 2 N–H and O–H groups in total. The van der Waals surface area contributed by atoms with Gasteiger partial charge in [0.1, 0.15) is 12.4 Å². The molecule has 1 heterocycles. The van der Waals surface area contributed by atoms with E-state index in [4.69, 9.17) is 10.5 Å². The molecule has 0 bridgehead atoms. The van der Waals surface area contributed by atoms with Crippen molar-refractivity contribution in [2.75, 3.05) is 6.61 Å². The molecule has 4 nitrogen and oxygen atoms in total. The molecule has 0 amide bonds. The zero-order chi connectivity index (χ0) is 14.6. The molecule has 0 spiro atoms. The van der Waals surface area contributed by atoms with E-state index in [0.29, 0.717) is 12.3 Å². The fourth-order valence-electron chi connectivity index (χ4n) is 1.62. The van der Waals surface area contributed by atoms with Crippen LogP contribution in [0.25, 0.3) is 0 Å². The van der Waals surface area contributed by atoms with Gasteiger partial charge in [-0.05, 0) is 23.8 Å². The number of ether oxygens (including phenoxy) is 1. The maximum absolute atomic E-state index is 12.3. The minimum Gasteiger partial charge on any atom is -0.492 e. The van der Waals surface area contributed by atoms with Gasteiger partial charge in [0.15, 0.2) is 5.69 Å². The molecule has 1 aromatic carbocycles. The van der Waals surface area contributed by atoms with Gasteiger partial charge in [-0.15, -0.1) is 0 Å². The van der Waals surface area contributed by atoms with Gasteiger partial charge >= 0.3 is 6.18 Å². The lowest BCUT2D eigenvalue weighted by atomic mass is 10.2. The van der Waals surface area contributed by atoms with Crippen molar-refractivity contribution in [3.8, 4) is 5.75 Å². The van der Waals surface area contributed by atoms with E-state index in [1.54, 1.807) is 12.1 Å². The third kappa shape index (κ3) is 3.74. The van der Waals surface area contributed by atoms with Gasteiger partial charge in [0.25, 0.3) is 0 Å². The summed E-state index contributed by atoms with van der Waals surface area (Å²) in [6, 6.07) is 8.16. The number of nitrogens with zero attached hydrogens (tertiary/aromatic N) is 2. The van der Waals surface area contributed by atoms with Crippen LogP contribution in [-0.4, -0.2) is 16.4 Å². The highest BCUT2D eigenvalue weighted by Gasteiger charge is 2.33. The second-order valence-electron chi connectivity index (χ2n) is 4.16. The summed E-state index contributed by atoms with van der Waals surface area (Å²) in [5, 5.41) is 3.44. The zero-order valence-corrected chi connectivity index (χ0v) is 10.6. The van der Waals surface area contributed by atoms with Gasteiger partial charge in [-0.3, -0.25) is 4.68 Å². The zero-order valence-electron chi connectivity index (χ0n) is 10.6. The molecule has 0 unspecified atom stereocenters. The summed E-state index contributed by atoms with van der Waals surface area (Å²) in [7, 11) is 0. The first-order valence-electron chi connectivity index (χ1n) is 6.01. The van der Waals surface area contributed by atoms with Crippen LogP contribution in [0.15, 0.2) is 36.5 Å². The smallest absolute Gasteiger partial charge is 0.435 e. The maximum Gasteiger partial charge on any atom is 0.435 e. The third-order valence-corrected chi connectivity index (χ3v) is 2.68. The van der Waals surface area contributed by atoms with Gasteiger partial charge in [-0.1, -0.05) is 12.1 Å². The van der Waals surface area contributed by atoms with Crippen LogP contribution in [-0.2, 0) is 19.3 Å². The van der Waals surface area contributed by atoms with E-state index < -0.39 is 11.9 Å². The van der Waals surface area contributed by atoms with Gasteiger partial charge in [0.05, 0.1) is 6.54 Å². The van der Waals surface area contributed by atoms with Crippen molar-refractivity contribution in [3.05, 3.63) is 47.8 Å². The Morgan fingerprint density at radius 1 is 1.15 bits per heavy atom. The molecule has 1 aromatic heterocycles. The highest BCUT2D eigenvalue weighted by Crippen LogP contribution is 2.27. The van der Waals surface area contributed by atoms with Crippen LogP contribution in [0.4, 0.5) is 13.2 Å². The number of nitrogens with two attached hydrogens (primary N) is 1. The number of benzene rings is 1. The molecule has 0 aliphatic rings.